The molecule has 0 aromatic heterocycles. The minimum absolute atomic E-state index is 0.0444. The van der Waals surface area contributed by atoms with Crippen molar-refractivity contribution in [1.82, 2.24) is 5.32 Å². The third-order valence-electron chi connectivity index (χ3n) is 3.92. The van der Waals surface area contributed by atoms with Crippen LogP contribution in [0.1, 0.15) is 36.2 Å². The molecule has 1 atom stereocenters. The molecule has 0 aliphatic heterocycles. The van der Waals surface area contributed by atoms with Gasteiger partial charge in [-0.05, 0) is 56.2 Å². The molecule has 0 aliphatic rings. The third-order valence-corrected chi connectivity index (χ3v) is 4.12. The second-order valence-corrected chi connectivity index (χ2v) is 6.44. The summed E-state index contributed by atoms with van der Waals surface area (Å²) in [7, 11) is 0. The van der Waals surface area contributed by atoms with Crippen LogP contribution in [-0.4, -0.2) is 22.0 Å². The zero-order chi connectivity index (χ0) is 20.0. The first-order chi connectivity index (χ1) is 12.8. The number of hydrogen-bond donors (Lipinski definition) is 2. The van der Waals surface area contributed by atoms with Crippen LogP contribution in [0.15, 0.2) is 42.5 Å². The Kier molecular flexibility index (Phi) is 6.84. The second kappa shape index (κ2) is 9.09. The normalized spacial score (nSPS) is 11.4. The Morgan fingerprint density at radius 2 is 2.04 bits per heavy atom. The van der Waals surface area contributed by atoms with Crippen LogP contribution in [0.25, 0.3) is 0 Å². The molecule has 0 heterocycles. The number of amides is 1. The zero-order valence-corrected chi connectivity index (χ0v) is 16.1. The van der Waals surface area contributed by atoms with E-state index in [9.17, 15) is 14.9 Å². The molecular formula is C19H21N3O4S. The van der Waals surface area contributed by atoms with Crippen LogP contribution in [0.2, 0.25) is 0 Å². The van der Waals surface area contributed by atoms with Gasteiger partial charge in [0.2, 0.25) is 0 Å². The largest absolute Gasteiger partial charge is 0.491 e. The van der Waals surface area contributed by atoms with E-state index in [0.717, 1.165) is 12.0 Å². The van der Waals surface area contributed by atoms with E-state index in [1.807, 2.05) is 13.8 Å². The van der Waals surface area contributed by atoms with Crippen molar-refractivity contribution in [3.05, 3.63) is 63.7 Å². The Balaban J connectivity index is 2.06. The minimum atomic E-state index is -0.491. The Morgan fingerprint density at radius 1 is 1.30 bits per heavy atom. The standard InChI is InChI=1S/C19H21N3O4S/c1-4-13(3)26-16-7-5-6-14(10-16)18(23)21-19(27)20-17-11-15(22(24)25)9-8-12(17)2/h5-11,13H,4H2,1-3H3,(H2,20,21,23,27). The van der Waals surface area contributed by atoms with Crippen molar-refractivity contribution >= 4 is 34.6 Å². The van der Waals surface area contributed by atoms with Gasteiger partial charge in [0, 0.05) is 23.4 Å². The van der Waals surface area contributed by atoms with Crippen LogP contribution in [-0.2, 0) is 0 Å². The number of thiocarbonyl (C=S) groups is 1. The van der Waals surface area contributed by atoms with E-state index in [2.05, 4.69) is 10.6 Å². The van der Waals surface area contributed by atoms with Crippen LogP contribution >= 0.6 is 12.2 Å². The van der Waals surface area contributed by atoms with Gasteiger partial charge in [-0.2, -0.15) is 0 Å². The smallest absolute Gasteiger partial charge is 0.271 e. The average molecular weight is 387 g/mol. The van der Waals surface area contributed by atoms with Crippen molar-refractivity contribution in [2.45, 2.75) is 33.3 Å². The van der Waals surface area contributed by atoms with E-state index in [0.29, 0.717) is 17.0 Å². The summed E-state index contributed by atoms with van der Waals surface area (Å²) in [5, 5.41) is 16.4. The third kappa shape index (κ3) is 5.75. The van der Waals surface area contributed by atoms with Crippen molar-refractivity contribution < 1.29 is 14.5 Å². The Bertz CT molecular complexity index is 870. The maximum atomic E-state index is 12.4. The molecule has 1 amide bonds. The Labute approximate surface area is 162 Å². The maximum absolute atomic E-state index is 12.4. The lowest BCUT2D eigenvalue weighted by molar-refractivity contribution is -0.384. The molecular weight excluding hydrogens is 366 g/mol. The molecule has 1 unspecified atom stereocenters. The molecule has 0 spiro atoms. The number of nitrogens with zero attached hydrogens (tertiary/aromatic N) is 1. The predicted molar refractivity (Wildman–Crippen MR) is 108 cm³/mol. The summed E-state index contributed by atoms with van der Waals surface area (Å²) < 4.78 is 5.71. The highest BCUT2D eigenvalue weighted by atomic mass is 32.1. The number of aryl methyl sites for hydroxylation is 1. The van der Waals surface area contributed by atoms with Gasteiger partial charge in [0.05, 0.1) is 11.0 Å². The summed E-state index contributed by atoms with van der Waals surface area (Å²) in [5.74, 6) is 0.204. The van der Waals surface area contributed by atoms with E-state index < -0.39 is 10.8 Å². The summed E-state index contributed by atoms with van der Waals surface area (Å²) in [6, 6.07) is 11.2. The highest BCUT2D eigenvalue weighted by Gasteiger charge is 2.13. The Morgan fingerprint density at radius 3 is 2.70 bits per heavy atom. The van der Waals surface area contributed by atoms with Crippen LogP contribution in [0, 0.1) is 17.0 Å². The summed E-state index contributed by atoms with van der Waals surface area (Å²) in [6.45, 7) is 5.75. The first kappa shape index (κ1) is 20.3. The fraction of sp³-hybridized carbons (Fsp3) is 0.263. The van der Waals surface area contributed by atoms with E-state index in [4.69, 9.17) is 17.0 Å². The number of non-ortho nitro benzene ring substituents is 1. The van der Waals surface area contributed by atoms with E-state index in [-0.39, 0.29) is 16.9 Å². The molecule has 7 nitrogen and oxygen atoms in total. The fourth-order valence-electron chi connectivity index (χ4n) is 2.21. The molecule has 0 aliphatic carbocycles. The van der Waals surface area contributed by atoms with Gasteiger partial charge in [-0.15, -0.1) is 0 Å². The average Bonchev–Trinajstić information content (AvgIpc) is 2.63. The second-order valence-electron chi connectivity index (χ2n) is 6.03. The zero-order valence-electron chi connectivity index (χ0n) is 15.3. The molecule has 0 bridgehead atoms. The lowest BCUT2D eigenvalue weighted by Crippen LogP contribution is -2.34. The van der Waals surface area contributed by atoms with Gasteiger partial charge < -0.3 is 10.1 Å². The minimum Gasteiger partial charge on any atom is -0.491 e. The number of ether oxygens (including phenoxy) is 1. The molecule has 2 rings (SSSR count). The highest BCUT2D eigenvalue weighted by Crippen LogP contribution is 2.22. The van der Waals surface area contributed by atoms with Gasteiger partial charge in [-0.1, -0.05) is 19.1 Å². The quantitative estimate of drug-likeness (QED) is 0.438. The van der Waals surface area contributed by atoms with Crippen molar-refractivity contribution in [3.8, 4) is 5.75 Å². The number of anilines is 1. The summed E-state index contributed by atoms with van der Waals surface area (Å²) in [6.07, 6.45) is 0.899. The van der Waals surface area contributed by atoms with E-state index in [1.165, 1.54) is 12.1 Å². The number of nitro benzene ring substituents is 1. The molecule has 0 saturated heterocycles. The molecule has 2 aromatic carbocycles. The van der Waals surface area contributed by atoms with Crippen LogP contribution in [0.5, 0.6) is 5.75 Å². The number of hydrogen-bond acceptors (Lipinski definition) is 5. The van der Waals surface area contributed by atoms with E-state index >= 15 is 0 Å². The van der Waals surface area contributed by atoms with Crippen molar-refractivity contribution in [3.63, 3.8) is 0 Å². The maximum Gasteiger partial charge on any atom is 0.271 e. The lowest BCUT2D eigenvalue weighted by Gasteiger charge is -2.14. The van der Waals surface area contributed by atoms with Crippen LogP contribution in [0.4, 0.5) is 11.4 Å². The number of rotatable bonds is 6. The van der Waals surface area contributed by atoms with Gasteiger partial charge in [-0.25, -0.2) is 0 Å². The number of nitro groups is 1. The van der Waals surface area contributed by atoms with Gasteiger partial charge in [0.25, 0.3) is 11.6 Å². The van der Waals surface area contributed by atoms with E-state index in [1.54, 1.807) is 37.3 Å². The van der Waals surface area contributed by atoms with Crippen molar-refractivity contribution in [1.29, 1.82) is 0 Å². The van der Waals surface area contributed by atoms with Gasteiger partial charge >= 0.3 is 0 Å². The molecule has 142 valence electrons. The molecule has 0 saturated carbocycles. The number of nitrogens with one attached hydrogen (secondary N) is 2. The van der Waals surface area contributed by atoms with Gasteiger partial charge in [0.1, 0.15) is 5.75 Å². The van der Waals surface area contributed by atoms with Gasteiger partial charge in [-0.3, -0.25) is 20.2 Å². The van der Waals surface area contributed by atoms with Crippen molar-refractivity contribution in [2.75, 3.05) is 5.32 Å². The summed E-state index contributed by atoms with van der Waals surface area (Å²) in [5.41, 5.74) is 1.56. The van der Waals surface area contributed by atoms with Crippen molar-refractivity contribution in [2.24, 2.45) is 0 Å². The molecule has 0 radical (unpaired) electrons. The molecule has 27 heavy (non-hydrogen) atoms. The number of benzene rings is 2. The summed E-state index contributed by atoms with van der Waals surface area (Å²) in [4.78, 5) is 22.8. The summed E-state index contributed by atoms with van der Waals surface area (Å²) >= 11 is 5.16. The van der Waals surface area contributed by atoms with Crippen LogP contribution < -0.4 is 15.4 Å². The first-order valence-electron chi connectivity index (χ1n) is 8.44. The first-order valence-corrected chi connectivity index (χ1v) is 8.85. The SMILES string of the molecule is CCC(C)Oc1cccc(C(=O)NC(=S)Nc2cc([N+](=O)[O-])ccc2C)c1. The Hall–Kier alpha value is -3.00. The lowest BCUT2D eigenvalue weighted by atomic mass is 10.2. The fourth-order valence-corrected chi connectivity index (χ4v) is 2.42. The number of carbonyl (C=O) groups excluding carboxylic acids is 1. The number of carbonyl (C=O) groups is 1. The predicted octanol–water partition coefficient (Wildman–Crippen LogP) is 4.21. The molecule has 2 N–H and O–H groups in total. The topological polar surface area (TPSA) is 93.5 Å². The van der Waals surface area contributed by atoms with Crippen LogP contribution in [0.3, 0.4) is 0 Å². The molecule has 0 fully saturated rings. The highest BCUT2D eigenvalue weighted by molar-refractivity contribution is 7.80. The van der Waals surface area contributed by atoms with Gasteiger partial charge in [0.15, 0.2) is 5.11 Å². The monoisotopic (exact) mass is 387 g/mol. The molecule has 8 heteroatoms. The molecule has 2 aromatic rings.